The summed E-state index contributed by atoms with van der Waals surface area (Å²) in [6.07, 6.45) is 3.44. The third-order valence-electron chi connectivity index (χ3n) is 3.11. The lowest BCUT2D eigenvalue weighted by Gasteiger charge is -2.03. The number of benzene rings is 1. The molecule has 1 aromatic carbocycles. The van der Waals surface area contributed by atoms with Crippen LogP contribution in [0.3, 0.4) is 0 Å². The summed E-state index contributed by atoms with van der Waals surface area (Å²) in [6, 6.07) is 7.01. The van der Waals surface area contributed by atoms with Gasteiger partial charge in [0.2, 0.25) is 0 Å². The van der Waals surface area contributed by atoms with E-state index in [1.807, 2.05) is 0 Å². The van der Waals surface area contributed by atoms with Crippen LogP contribution in [0.4, 0.5) is 0 Å². The lowest BCUT2D eigenvalue weighted by Crippen LogP contribution is -2.09. The number of aliphatic carboxylic acids is 1. The van der Waals surface area contributed by atoms with Gasteiger partial charge in [0.25, 0.3) is 5.78 Å². The topological polar surface area (TPSA) is 109 Å². The average Bonchev–Trinajstić information content (AvgIpc) is 2.96. The lowest BCUT2D eigenvalue weighted by molar-refractivity contribution is -0.146. The Hall–Kier alpha value is -3.22. The van der Waals surface area contributed by atoms with Gasteiger partial charge in [-0.1, -0.05) is 24.3 Å². The molecule has 0 spiro atoms. The van der Waals surface area contributed by atoms with Gasteiger partial charge in [-0.3, -0.25) is 14.3 Å². The van der Waals surface area contributed by atoms with Crippen molar-refractivity contribution in [3.8, 4) is 0 Å². The van der Waals surface area contributed by atoms with Crippen molar-refractivity contribution in [1.82, 2.24) is 9.78 Å². The van der Waals surface area contributed by atoms with Gasteiger partial charge in [0, 0.05) is 17.8 Å². The molecule has 0 saturated carbocycles. The standard InChI is InChI=1S/C16H14N2O5/c1-10(19)12-4-2-11(3-5-12)8-18-9-13(7-17-18)14(20)6-15(21)16(22)23/h2-7,9,20H,8H2,1H3,(H,22,23). The molecule has 0 aliphatic heterocycles. The van der Waals surface area contributed by atoms with Gasteiger partial charge in [-0.2, -0.15) is 5.10 Å². The fourth-order valence-electron chi connectivity index (χ4n) is 1.88. The number of aliphatic hydroxyl groups is 1. The van der Waals surface area contributed by atoms with Gasteiger partial charge in [0.1, 0.15) is 5.76 Å². The van der Waals surface area contributed by atoms with Crippen LogP contribution < -0.4 is 0 Å². The van der Waals surface area contributed by atoms with E-state index in [1.54, 1.807) is 24.3 Å². The first kappa shape index (κ1) is 16.2. The van der Waals surface area contributed by atoms with Crippen LogP contribution in [0.1, 0.15) is 28.4 Å². The van der Waals surface area contributed by atoms with Crippen LogP contribution >= 0.6 is 0 Å². The Bertz CT molecular complexity index is 787. The van der Waals surface area contributed by atoms with Gasteiger partial charge in [-0.05, 0) is 12.5 Å². The smallest absolute Gasteiger partial charge is 0.376 e. The number of aliphatic hydroxyl groups excluding tert-OH is 1. The second kappa shape index (κ2) is 6.69. The number of rotatable bonds is 6. The number of carbonyl (C=O) groups is 3. The molecule has 2 rings (SSSR count). The van der Waals surface area contributed by atoms with E-state index in [9.17, 15) is 19.5 Å². The van der Waals surface area contributed by atoms with Crippen LogP contribution in [0.2, 0.25) is 0 Å². The number of Topliss-reactive ketones (excluding diaryl/α,β-unsaturated/α-hetero) is 1. The number of hydrogen-bond acceptors (Lipinski definition) is 5. The van der Waals surface area contributed by atoms with Crippen molar-refractivity contribution in [2.24, 2.45) is 0 Å². The van der Waals surface area contributed by atoms with Crippen LogP contribution in [0.15, 0.2) is 42.7 Å². The Morgan fingerprint density at radius 3 is 2.35 bits per heavy atom. The second-order valence-electron chi connectivity index (χ2n) is 4.88. The van der Waals surface area contributed by atoms with Crippen LogP contribution in [-0.4, -0.2) is 37.5 Å². The largest absolute Gasteiger partial charge is 0.507 e. The average molecular weight is 314 g/mol. The lowest BCUT2D eigenvalue weighted by atomic mass is 10.1. The molecular weight excluding hydrogens is 300 g/mol. The van der Waals surface area contributed by atoms with E-state index in [4.69, 9.17) is 5.11 Å². The number of carbonyl (C=O) groups excluding carboxylic acids is 2. The van der Waals surface area contributed by atoms with Crippen molar-refractivity contribution in [3.63, 3.8) is 0 Å². The van der Waals surface area contributed by atoms with Gasteiger partial charge >= 0.3 is 5.97 Å². The molecular formula is C16H14N2O5. The Labute approximate surface area is 131 Å². The first-order valence-corrected chi connectivity index (χ1v) is 6.67. The van der Waals surface area contributed by atoms with Crippen molar-refractivity contribution in [2.45, 2.75) is 13.5 Å². The Kier molecular flexibility index (Phi) is 4.70. The second-order valence-corrected chi connectivity index (χ2v) is 4.88. The number of aromatic nitrogens is 2. The molecule has 7 heteroatoms. The minimum Gasteiger partial charge on any atom is -0.507 e. The molecule has 0 fully saturated rings. The van der Waals surface area contributed by atoms with Gasteiger partial charge < -0.3 is 10.2 Å². The van der Waals surface area contributed by atoms with E-state index in [0.717, 1.165) is 5.56 Å². The molecule has 1 heterocycles. The monoisotopic (exact) mass is 314 g/mol. The third-order valence-corrected chi connectivity index (χ3v) is 3.11. The molecule has 0 amide bonds. The van der Waals surface area contributed by atoms with Gasteiger partial charge in [0.05, 0.1) is 18.3 Å². The third kappa shape index (κ3) is 4.13. The van der Waals surface area contributed by atoms with Crippen molar-refractivity contribution >= 4 is 23.3 Å². The summed E-state index contributed by atoms with van der Waals surface area (Å²) in [5.41, 5.74) is 1.75. The van der Waals surface area contributed by atoms with E-state index < -0.39 is 17.5 Å². The van der Waals surface area contributed by atoms with Crippen molar-refractivity contribution < 1.29 is 24.6 Å². The normalized spacial score (nSPS) is 11.3. The molecule has 0 saturated heterocycles. The van der Waals surface area contributed by atoms with Gasteiger partial charge in [-0.25, -0.2) is 4.79 Å². The van der Waals surface area contributed by atoms with Crippen LogP contribution in [0.25, 0.3) is 5.76 Å². The van der Waals surface area contributed by atoms with E-state index in [1.165, 1.54) is 24.0 Å². The molecule has 0 aliphatic rings. The molecule has 23 heavy (non-hydrogen) atoms. The highest BCUT2D eigenvalue weighted by Gasteiger charge is 2.12. The fraction of sp³-hybridized carbons (Fsp3) is 0.125. The maximum atomic E-state index is 11.2. The predicted molar refractivity (Wildman–Crippen MR) is 81.0 cm³/mol. The zero-order valence-corrected chi connectivity index (χ0v) is 12.3. The Balaban J connectivity index is 2.11. The maximum Gasteiger partial charge on any atom is 0.376 e. The molecule has 0 atom stereocenters. The number of ketones is 2. The molecule has 7 nitrogen and oxygen atoms in total. The molecule has 0 unspecified atom stereocenters. The summed E-state index contributed by atoms with van der Waals surface area (Å²) < 4.78 is 1.52. The minimum atomic E-state index is -1.64. The van der Waals surface area contributed by atoms with E-state index in [2.05, 4.69) is 5.10 Å². The van der Waals surface area contributed by atoms with E-state index in [-0.39, 0.29) is 11.3 Å². The zero-order chi connectivity index (χ0) is 17.0. The van der Waals surface area contributed by atoms with Crippen LogP contribution in [0, 0.1) is 0 Å². The fourth-order valence-corrected chi connectivity index (χ4v) is 1.88. The molecule has 0 bridgehead atoms. The number of nitrogens with zero attached hydrogens (tertiary/aromatic N) is 2. The van der Waals surface area contributed by atoms with Crippen molar-refractivity contribution in [3.05, 3.63) is 59.4 Å². The first-order valence-electron chi connectivity index (χ1n) is 6.67. The summed E-state index contributed by atoms with van der Waals surface area (Å²) in [6.45, 7) is 1.89. The number of hydrogen-bond donors (Lipinski definition) is 2. The summed E-state index contributed by atoms with van der Waals surface area (Å²) in [7, 11) is 0. The molecule has 1 aromatic heterocycles. The first-order chi connectivity index (χ1) is 10.9. The Morgan fingerprint density at radius 2 is 1.78 bits per heavy atom. The summed E-state index contributed by atoms with van der Waals surface area (Å²) >= 11 is 0. The van der Waals surface area contributed by atoms with E-state index in [0.29, 0.717) is 18.2 Å². The summed E-state index contributed by atoms with van der Waals surface area (Å²) in [5, 5.41) is 22.2. The highest BCUT2D eigenvalue weighted by Crippen LogP contribution is 2.12. The molecule has 118 valence electrons. The SMILES string of the molecule is CC(=O)c1ccc(Cn2cc(C(O)=CC(=O)C(=O)O)cn2)cc1. The van der Waals surface area contributed by atoms with Crippen LogP contribution in [-0.2, 0) is 16.1 Å². The molecule has 0 radical (unpaired) electrons. The summed E-state index contributed by atoms with van der Waals surface area (Å²) in [5.74, 6) is -3.34. The van der Waals surface area contributed by atoms with Crippen molar-refractivity contribution in [1.29, 1.82) is 0 Å². The highest BCUT2D eigenvalue weighted by atomic mass is 16.4. The maximum absolute atomic E-state index is 11.2. The zero-order valence-electron chi connectivity index (χ0n) is 12.3. The van der Waals surface area contributed by atoms with E-state index >= 15 is 0 Å². The molecule has 2 aromatic rings. The molecule has 0 aliphatic carbocycles. The van der Waals surface area contributed by atoms with Gasteiger partial charge in [-0.15, -0.1) is 0 Å². The highest BCUT2D eigenvalue weighted by molar-refractivity contribution is 6.38. The number of carboxylic acid groups (broad SMARTS) is 1. The van der Waals surface area contributed by atoms with Gasteiger partial charge in [0.15, 0.2) is 5.78 Å². The molecule has 2 N–H and O–H groups in total. The predicted octanol–water partition coefficient (Wildman–Crippen LogP) is 1.69. The quantitative estimate of drug-likeness (QED) is 0.363. The van der Waals surface area contributed by atoms with Crippen LogP contribution in [0.5, 0.6) is 0 Å². The summed E-state index contributed by atoms with van der Waals surface area (Å²) in [4.78, 5) is 32.7. The van der Waals surface area contributed by atoms with Crippen molar-refractivity contribution in [2.75, 3.05) is 0 Å². The minimum absolute atomic E-state index is 0.0175. The Morgan fingerprint density at radius 1 is 1.13 bits per heavy atom. The number of carboxylic acids is 1.